The molecule has 1 heteroatoms. The van der Waals surface area contributed by atoms with Crippen LogP contribution in [0.25, 0.3) is 0 Å². The highest BCUT2D eigenvalue weighted by Gasteiger charge is 2.17. The van der Waals surface area contributed by atoms with Gasteiger partial charge in [-0.15, -0.1) is 0 Å². The molecule has 0 rings (SSSR count). The largest absolute Gasteiger partial charge is 0.497 e. The first kappa shape index (κ1) is 16.0. The van der Waals surface area contributed by atoms with Gasteiger partial charge in [0.05, 0.1) is 7.11 Å². The van der Waals surface area contributed by atoms with E-state index in [2.05, 4.69) is 60.3 Å². The Kier molecular flexibility index (Phi) is 5.74. The summed E-state index contributed by atoms with van der Waals surface area (Å²) in [5, 5.41) is 0. The first-order valence-corrected chi connectivity index (χ1v) is 6.19. The van der Waals surface area contributed by atoms with E-state index in [1.165, 1.54) is 5.57 Å². The van der Waals surface area contributed by atoms with Gasteiger partial charge in [-0.25, -0.2) is 0 Å². The first-order chi connectivity index (χ1) is 7.60. The highest BCUT2D eigenvalue weighted by atomic mass is 16.5. The Labute approximate surface area is 107 Å². The van der Waals surface area contributed by atoms with Crippen LogP contribution in [-0.2, 0) is 4.74 Å². The molecule has 1 nitrogen and oxygen atoms in total. The number of allylic oxidation sites excluding steroid dienone is 4. The van der Waals surface area contributed by atoms with Gasteiger partial charge in [0.25, 0.3) is 0 Å². The lowest BCUT2D eigenvalue weighted by Crippen LogP contribution is -2.10. The first-order valence-electron chi connectivity index (χ1n) is 6.19. The van der Waals surface area contributed by atoms with E-state index in [-0.39, 0.29) is 5.41 Å². The minimum Gasteiger partial charge on any atom is -0.497 e. The Morgan fingerprint density at radius 1 is 1.12 bits per heavy atom. The summed E-state index contributed by atoms with van der Waals surface area (Å²) in [7, 11) is 1.68. The molecule has 0 aliphatic heterocycles. The predicted molar refractivity (Wildman–Crippen MR) is 76.9 cm³/mol. The van der Waals surface area contributed by atoms with Crippen LogP contribution in [0.2, 0.25) is 0 Å². The van der Waals surface area contributed by atoms with Gasteiger partial charge in [-0.3, -0.25) is 0 Å². The minimum absolute atomic E-state index is 0.123. The summed E-state index contributed by atoms with van der Waals surface area (Å²) in [5.41, 5.74) is 1.73. The third-order valence-corrected chi connectivity index (χ3v) is 2.54. The minimum atomic E-state index is 0.123. The molecule has 17 heavy (non-hydrogen) atoms. The average molecular weight is 236 g/mol. The van der Waals surface area contributed by atoms with Gasteiger partial charge in [-0.1, -0.05) is 54.2 Å². The second kappa shape index (κ2) is 6.09. The molecule has 0 atom stereocenters. The van der Waals surface area contributed by atoms with Gasteiger partial charge in [-0.05, 0) is 35.0 Å². The quantitative estimate of drug-likeness (QED) is 0.487. The fourth-order valence-electron chi connectivity index (χ4n) is 1.35. The lowest BCUT2D eigenvalue weighted by atomic mass is 9.82. The molecule has 0 aromatic carbocycles. The summed E-state index contributed by atoms with van der Waals surface area (Å²) in [4.78, 5) is 0. The standard InChI is InChI=1S/C16H28O/c1-9-14(17-8)12-13(16(5,6)7)10-11-15(2,3)4/h9-10,12H,1,11H2,2-8H3/b13-10+,14-12+. The molecule has 0 fully saturated rings. The molecule has 0 amide bonds. The fourth-order valence-corrected chi connectivity index (χ4v) is 1.35. The SMILES string of the molecule is C=C/C(=C\C(=C/CC(C)(C)C)C(C)(C)C)OC. The van der Waals surface area contributed by atoms with Crippen LogP contribution >= 0.6 is 0 Å². The van der Waals surface area contributed by atoms with Gasteiger partial charge in [0.15, 0.2) is 0 Å². The van der Waals surface area contributed by atoms with Crippen LogP contribution in [0, 0.1) is 10.8 Å². The number of hydrogen-bond donors (Lipinski definition) is 0. The van der Waals surface area contributed by atoms with Crippen molar-refractivity contribution in [1.82, 2.24) is 0 Å². The third-order valence-electron chi connectivity index (χ3n) is 2.54. The second-order valence-corrected chi connectivity index (χ2v) is 6.63. The number of hydrogen-bond acceptors (Lipinski definition) is 1. The van der Waals surface area contributed by atoms with E-state index in [9.17, 15) is 0 Å². The smallest absolute Gasteiger partial charge is 0.118 e. The van der Waals surface area contributed by atoms with Crippen LogP contribution in [0.1, 0.15) is 48.0 Å². The van der Waals surface area contributed by atoms with E-state index < -0.39 is 0 Å². The maximum atomic E-state index is 5.26. The topological polar surface area (TPSA) is 9.23 Å². The van der Waals surface area contributed by atoms with E-state index in [0.717, 1.165) is 12.2 Å². The van der Waals surface area contributed by atoms with Crippen molar-refractivity contribution in [3.63, 3.8) is 0 Å². The van der Waals surface area contributed by atoms with Crippen molar-refractivity contribution in [3.05, 3.63) is 36.1 Å². The van der Waals surface area contributed by atoms with Gasteiger partial charge in [0.1, 0.15) is 5.76 Å². The number of rotatable bonds is 4. The number of methoxy groups -OCH3 is 1. The Bertz CT molecular complexity index is 305. The fraction of sp³-hybridized carbons (Fsp3) is 0.625. The lowest BCUT2D eigenvalue weighted by Gasteiger charge is -2.23. The van der Waals surface area contributed by atoms with Crippen molar-refractivity contribution in [2.45, 2.75) is 48.0 Å². The zero-order valence-electron chi connectivity index (χ0n) is 12.6. The molecular weight excluding hydrogens is 208 g/mol. The van der Waals surface area contributed by atoms with Crippen molar-refractivity contribution < 1.29 is 4.74 Å². The summed E-state index contributed by atoms with van der Waals surface area (Å²) in [5.74, 6) is 0.820. The van der Waals surface area contributed by atoms with E-state index >= 15 is 0 Å². The van der Waals surface area contributed by atoms with E-state index in [1.807, 2.05) is 0 Å². The Balaban J connectivity index is 5.17. The van der Waals surface area contributed by atoms with Crippen molar-refractivity contribution in [2.24, 2.45) is 10.8 Å². The number of ether oxygens (including phenoxy) is 1. The Morgan fingerprint density at radius 3 is 1.94 bits per heavy atom. The monoisotopic (exact) mass is 236 g/mol. The zero-order chi connectivity index (χ0) is 13.7. The van der Waals surface area contributed by atoms with Gasteiger partial charge in [-0.2, -0.15) is 0 Å². The molecule has 0 aromatic heterocycles. The summed E-state index contributed by atoms with van der Waals surface area (Å²) < 4.78 is 5.26. The maximum absolute atomic E-state index is 5.26. The van der Waals surface area contributed by atoms with E-state index in [0.29, 0.717) is 5.41 Å². The van der Waals surface area contributed by atoms with Gasteiger partial charge >= 0.3 is 0 Å². The molecular formula is C16H28O. The molecule has 0 aliphatic carbocycles. The summed E-state index contributed by atoms with van der Waals surface area (Å²) >= 11 is 0. The molecule has 0 aliphatic rings. The average Bonchev–Trinajstić information content (AvgIpc) is 2.14. The summed E-state index contributed by atoms with van der Waals surface area (Å²) in [6.45, 7) is 17.1. The van der Waals surface area contributed by atoms with Crippen LogP contribution in [0.15, 0.2) is 36.1 Å². The molecule has 0 saturated carbocycles. The Hall–Kier alpha value is -0.980. The molecule has 0 saturated heterocycles. The molecule has 0 N–H and O–H groups in total. The molecule has 0 bridgehead atoms. The predicted octanol–water partition coefficient (Wildman–Crippen LogP) is 5.11. The second-order valence-electron chi connectivity index (χ2n) is 6.63. The maximum Gasteiger partial charge on any atom is 0.118 e. The van der Waals surface area contributed by atoms with Crippen LogP contribution in [0.3, 0.4) is 0 Å². The van der Waals surface area contributed by atoms with Crippen LogP contribution in [0.5, 0.6) is 0 Å². The lowest BCUT2D eigenvalue weighted by molar-refractivity contribution is 0.305. The van der Waals surface area contributed by atoms with Gasteiger partial charge in [0.2, 0.25) is 0 Å². The van der Waals surface area contributed by atoms with Crippen LogP contribution < -0.4 is 0 Å². The van der Waals surface area contributed by atoms with Crippen LogP contribution in [-0.4, -0.2) is 7.11 Å². The van der Waals surface area contributed by atoms with Gasteiger partial charge in [0, 0.05) is 0 Å². The molecule has 0 radical (unpaired) electrons. The normalized spacial score (nSPS) is 14.8. The molecule has 0 heterocycles. The molecule has 0 unspecified atom stereocenters. The third kappa shape index (κ3) is 7.04. The van der Waals surface area contributed by atoms with E-state index in [1.54, 1.807) is 13.2 Å². The highest BCUT2D eigenvalue weighted by molar-refractivity contribution is 5.30. The van der Waals surface area contributed by atoms with Crippen molar-refractivity contribution in [3.8, 4) is 0 Å². The van der Waals surface area contributed by atoms with Crippen molar-refractivity contribution in [2.75, 3.05) is 7.11 Å². The molecule has 0 aromatic rings. The van der Waals surface area contributed by atoms with E-state index in [4.69, 9.17) is 4.74 Å². The Morgan fingerprint density at radius 2 is 1.65 bits per heavy atom. The highest BCUT2D eigenvalue weighted by Crippen LogP contribution is 2.30. The molecule has 98 valence electrons. The molecule has 0 spiro atoms. The summed E-state index contributed by atoms with van der Waals surface area (Å²) in [6, 6.07) is 0. The summed E-state index contributed by atoms with van der Waals surface area (Å²) in [6.07, 6.45) is 7.20. The van der Waals surface area contributed by atoms with Gasteiger partial charge < -0.3 is 4.74 Å². The van der Waals surface area contributed by atoms with Crippen molar-refractivity contribution >= 4 is 0 Å². The van der Waals surface area contributed by atoms with Crippen LogP contribution in [0.4, 0.5) is 0 Å². The van der Waals surface area contributed by atoms with Crippen molar-refractivity contribution in [1.29, 1.82) is 0 Å². The zero-order valence-corrected chi connectivity index (χ0v) is 12.6.